The maximum Gasteiger partial charge on any atom is 0.0143 e. The predicted octanol–water partition coefficient (Wildman–Crippen LogP) is 2.63. The van der Waals surface area contributed by atoms with E-state index >= 15 is 0 Å². The Bertz CT molecular complexity index is 315. The fraction of sp³-hybridized carbons (Fsp3) is 0.538. The molecule has 1 aliphatic rings. The fourth-order valence-corrected chi connectivity index (χ4v) is 2.07. The third kappa shape index (κ3) is 1.57. The van der Waals surface area contributed by atoms with E-state index in [2.05, 4.69) is 38.1 Å². The van der Waals surface area contributed by atoms with Crippen LogP contribution in [-0.4, -0.2) is 6.04 Å². The lowest BCUT2D eigenvalue weighted by molar-refractivity contribution is 0.740. The van der Waals surface area contributed by atoms with E-state index in [0.29, 0.717) is 6.04 Å². The molecule has 0 bridgehead atoms. The summed E-state index contributed by atoms with van der Waals surface area (Å²) in [5.41, 5.74) is 9.04. The van der Waals surface area contributed by atoms with Gasteiger partial charge in [0.1, 0.15) is 0 Å². The van der Waals surface area contributed by atoms with Crippen LogP contribution in [0.4, 0.5) is 0 Å². The van der Waals surface area contributed by atoms with Gasteiger partial charge in [0, 0.05) is 11.5 Å². The van der Waals surface area contributed by atoms with Crippen LogP contribution in [0, 0.1) is 0 Å². The van der Waals surface area contributed by atoms with Gasteiger partial charge in [-0.15, -0.1) is 0 Å². The first-order valence-corrected chi connectivity index (χ1v) is 5.52. The number of nitrogens with two attached hydrogens (primary N) is 1. The average Bonchev–Trinajstić information content (AvgIpc) is 2.78. The van der Waals surface area contributed by atoms with E-state index in [9.17, 15) is 0 Å². The van der Waals surface area contributed by atoms with Crippen molar-refractivity contribution in [1.82, 2.24) is 0 Å². The highest BCUT2D eigenvalue weighted by Gasteiger charge is 2.48. The number of hydrogen-bond acceptors (Lipinski definition) is 1. The average molecular weight is 189 g/mol. The lowest BCUT2D eigenvalue weighted by Crippen LogP contribution is -2.14. The minimum atomic E-state index is 0.269. The van der Waals surface area contributed by atoms with Crippen molar-refractivity contribution in [2.75, 3.05) is 0 Å². The Morgan fingerprint density at radius 1 is 1.36 bits per heavy atom. The molecule has 2 unspecified atom stereocenters. The highest BCUT2D eigenvalue weighted by molar-refractivity contribution is 5.36. The normalized spacial score (nSPS) is 30.4. The van der Waals surface area contributed by atoms with E-state index in [-0.39, 0.29) is 5.41 Å². The van der Waals surface area contributed by atoms with Gasteiger partial charge in [-0.3, -0.25) is 0 Å². The van der Waals surface area contributed by atoms with Crippen LogP contribution < -0.4 is 5.73 Å². The van der Waals surface area contributed by atoms with Crippen LogP contribution in [0.2, 0.25) is 0 Å². The molecule has 76 valence electrons. The lowest BCUT2D eigenvalue weighted by Gasteiger charge is -2.10. The first kappa shape index (κ1) is 9.72. The van der Waals surface area contributed by atoms with Crippen molar-refractivity contribution in [3.05, 3.63) is 35.4 Å². The van der Waals surface area contributed by atoms with Gasteiger partial charge < -0.3 is 5.73 Å². The van der Waals surface area contributed by atoms with Gasteiger partial charge in [-0.05, 0) is 24.0 Å². The van der Waals surface area contributed by atoms with E-state index in [4.69, 9.17) is 5.73 Å². The van der Waals surface area contributed by atoms with Crippen LogP contribution >= 0.6 is 0 Å². The summed E-state index contributed by atoms with van der Waals surface area (Å²) in [6.07, 6.45) is 3.54. The van der Waals surface area contributed by atoms with Crippen LogP contribution in [0.25, 0.3) is 0 Å². The topological polar surface area (TPSA) is 26.0 Å². The largest absolute Gasteiger partial charge is 0.327 e. The van der Waals surface area contributed by atoms with E-state index < -0.39 is 0 Å². The first-order valence-electron chi connectivity index (χ1n) is 5.52. The van der Waals surface area contributed by atoms with Crippen molar-refractivity contribution in [1.29, 1.82) is 0 Å². The molecule has 0 amide bonds. The Morgan fingerprint density at radius 2 is 1.93 bits per heavy atom. The molecule has 1 nitrogen and oxygen atoms in total. The zero-order valence-corrected chi connectivity index (χ0v) is 9.09. The van der Waals surface area contributed by atoms with Crippen molar-refractivity contribution in [2.45, 2.75) is 44.6 Å². The summed E-state index contributed by atoms with van der Waals surface area (Å²) in [7, 11) is 0. The van der Waals surface area contributed by atoms with E-state index in [1.54, 1.807) is 0 Å². The number of rotatable bonds is 3. The van der Waals surface area contributed by atoms with Crippen LogP contribution in [0.15, 0.2) is 24.3 Å². The highest BCUT2D eigenvalue weighted by atomic mass is 14.8. The third-order valence-electron chi connectivity index (χ3n) is 3.45. The molecule has 1 fully saturated rings. The molecule has 2 rings (SSSR count). The Kier molecular flexibility index (Phi) is 2.36. The lowest BCUT2D eigenvalue weighted by atomic mass is 9.95. The molecular weight excluding hydrogens is 170 g/mol. The van der Waals surface area contributed by atoms with Crippen LogP contribution in [0.5, 0.6) is 0 Å². The third-order valence-corrected chi connectivity index (χ3v) is 3.45. The Labute approximate surface area is 86.3 Å². The van der Waals surface area contributed by atoms with Gasteiger partial charge in [0.25, 0.3) is 0 Å². The van der Waals surface area contributed by atoms with Crippen LogP contribution in [0.3, 0.4) is 0 Å². The minimum absolute atomic E-state index is 0.269. The number of benzene rings is 1. The zero-order valence-electron chi connectivity index (χ0n) is 9.09. The summed E-state index contributed by atoms with van der Waals surface area (Å²) in [4.78, 5) is 0. The molecule has 2 atom stereocenters. The van der Waals surface area contributed by atoms with Gasteiger partial charge >= 0.3 is 0 Å². The van der Waals surface area contributed by atoms with Crippen molar-refractivity contribution in [3.8, 4) is 0 Å². The molecule has 0 radical (unpaired) electrons. The summed E-state index contributed by atoms with van der Waals surface area (Å²) in [6.45, 7) is 4.47. The van der Waals surface area contributed by atoms with Crippen molar-refractivity contribution >= 4 is 0 Å². The second kappa shape index (κ2) is 3.39. The Hall–Kier alpha value is -0.820. The van der Waals surface area contributed by atoms with Gasteiger partial charge in [-0.2, -0.15) is 0 Å². The molecule has 0 aromatic heterocycles. The standard InChI is InChI=1S/C13H19N/c1-3-4-10-5-7-11(8-6-10)13(2)9-12(13)14/h5-8,12H,3-4,9,14H2,1-2H3. The van der Waals surface area contributed by atoms with Gasteiger partial charge in [-0.1, -0.05) is 44.5 Å². The van der Waals surface area contributed by atoms with Crippen molar-refractivity contribution in [3.63, 3.8) is 0 Å². The van der Waals surface area contributed by atoms with Gasteiger partial charge in [0.05, 0.1) is 0 Å². The predicted molar refractivity (Wildman–Crippen MR) is 60.4 cm³/mol. The summed E-state index contributed by atoms with van der Waals surface area (Å²) in [6, 6.07) is 9.36. The Morgan fingerprint density at radius 3 is 2.36 bits per heavy atom. The number of aryl methyl sites for hydroxylation is 1. The Balaban J connectivity index is 2.15. The van der Waals surface area contributed by atoms with Gasteiger partial charge in [0.2, 0.25) is 0 Å². The van der Waals surface area contributed by atoms with Crippen LogP contribution in [0.1, 0.15) is 37.8 Å². The molecule has 1 aliphatic carbocycles. The first-order chi connectivity index (χ1) is 6.66. The zero-order chi connectivity index (χ0) is 10.2. The van der Waals surface area contributed by atoms with Gasteiger partial charge in [-0.25, -0.2) is 0 Å². The summed E-state index contributed by atoms with van der Waals surface area (Å²) < 4.78 is 0. The maximum atomic E-state index is 5.93. The second-order valence-corrected chi connectivity index (χ2v) is 4.68. The monoisotopic (exact) mass is 189 g/mol. The summed E-state index contributed by atoms with van der Waals surface area (Å²) in [5.74, 6) is 0. The minimum Gasteiger partial charge on any atom is -0.327 e. The molecule has 1 aromatic rings. The quantitative estimate of drug-likeness (QED) is 0.777. The van der Waals surface area contributed by atoms with E-state index in [1.807, 2.05) is 0 Å². The molecule has 0 heterocycles. The van der Waals surface area contributed by atoms with E-state index in [0.717, 1.165) is 6.42 Å². The molecule has 2 N–H and O–H groups in total. The molecular formula is C13H19N. The highest BCUT2D eigenvalue weighted by Crippen LogP contribution is 2.46. The molecule has 0 spiro atoms. The molecule has 14 heavy (non-hydrogen) atoms. The molecule has 0 saturated heterocycles. The second-order valence-electron chi connectivity index (χ2n) is 4.68. The molecule has 1 saturated carbocycles. The SMILES string of the molecule is CCCc1ccc(C2(C)CC2N)cc1. The summed E-state index contributed by atoms with van der Waals surface area (Å²) in [5, 5.41) is 0. The van der Waals surface area contributed by atoms with Crippen molar-refractivity contribution < 1.29 is 0 Å². The van der Waals surface area contributed by atoms with Gasteiger partial charge in [0.15, 0.2) is 0 Å². The smallest absolute Gasteiger partial charge is 0.0143 e. The summed E-state index contributed by atoms with van der Waals surface area (Å²) >= 11 is 0. The maximum absolute atomic E-state index is 5.93. The molecule has 1 aromatic carbocycles. The molecule has 1 heteroatoms. The molecule has 0 aliphatic heterocycles. The van der Waals surface area contributed by atoms with Crippen molar-refractivity contribution in [2.24, 2.45) is 5.73 Å². The van der Waals surface area contributed by atoms with E-state index in [1.165, 1.54) is 24.0 Å². The van der Waals surface area contributed by atoms with Crippen LogP contribution in [-0.2, 0) is 11.8 Å². The number of hydrogen-bond donors (Lipinski definition) is 1. The fourth-order valence-electron chi connectivity index (χ4n) is 2.07.